The molecule has 0 heterocycles. The highest BCUT2D eigenvalue weighted by molar-refractivity contribution is 6.23. The molecular weight excluding hydrogens is 637 g/mol. The zero-order chi connectivity index (χ0) is 35.3. The van der Waals surface area contributed by atoms with E-state index in [2.05, 4.69) is 196 Å². The first-order chi connectivity index (χ1) is 26.1. The molecule has 0 N–H and O–H groups in total. The van der Waals surface area contributed by atoms with Gasteiger partial charge in [-0.05, 0) is 116 Å². The second-order valence-electron chi connectivity index (χ2n) is 15.2. The predicted octanol–water partition coefficient (Wildman–Crippen LogP) is 14.8. The van der Waals surface area contributed by atoms with Crippen LogP contribution < -0.4 is 0 Å². The van der Waals surface area contributed by atoms with Crippen molar-refractivity contribution in [2.45, 2.75) is 19.3 Å². The molecule has 0 saturated carbocycles. The van der Waals surface area contributed by atoms with E-state index in [9.17, 15) is 0 Å². The van der Waals surface area contributed by atoms with Gasteiger partial charge in [-0.1, -0.05) is 190 Å². The van der Waals surface area contributed by atoms with Crippen molar-refractivity contribution in [1.29, 1.82) is 0 Å². The number of fused-ring (bicyclic) bond motifs is 12. The summed E-state index contributed by atoms with van der Waals surface area (Å²) in [5, 5.41) is 13.1. The zero-order valence-corrected chi connectivity index (χ0v) is 29.8. The van der Waals surface area contributed by atoms with E-state index in [1.54, 1.807) is 0 Å². The fourth-order valence-corrected chi connectivity index (χ4v) is 9.66. The Balaban J connectivity index is 1.09. The summed E-state index contributed by atoms with van der Waals surface area (Å²) >= 11 is 0. The predicted molar refractivity (Wildman–Crippen MR) is 228 cm³/mol. The fraction of sp³-hybridized carbons (Fsp3) is 0.0566. The van der Waals surface area contributed by atoms with Crippen LogP contribution in [0.25, 0.3) is 98.4 Å². The second-order valence-corrected chi connectivity index (χ2v) is 15.2. The van der Waals surface area contributed by atoms with Crippen molar-refractivity contribution in [1.82, 2.24) is 0 Å². The van der Waals surface area contributed by atoms with Crippen LogP contribution in [-0.2, 0) is 5.41 Å². The van der Waals surface area contributed by atoms with Crippen molar-refractivity contribution in [3.63, 3.8) is 0 Å². The largest absolute Gasteiger partial charge is 0.0622 e. The molecule has 0 amide bonds. The van der Waals surface area contributed by atoms with E-state index in [-0.39, 0.29) is 5.41 Å². The second kappa shape index (κ2) is 11.2. The van der Waals surface area contributed by atoms with Crippen LogP contribution in [0, 0.1) is 0 Å². The Hall–Kier alpha value is -6.50. The summed E-state index contributed by atoms with van der Waals surface area (Å²) < 4.78 is 0. The molecule has 248 valence electrons. The van der Waals surface area contributed by atoms with Crippen LogP contribution >= 0.6 is 0 Å². The first-order valence-corrected chi connectivity index (χ1v) is 18.7. The molecule has 0 bridgehead atoms. The van der Waals surface area contributed by atoms with Gasteiger partial charge in [0.1, 0.15) is 0 Å². The average Bonchev–Trinajstić information content (AvgIpc) is 3.47. The third-order valence-corrected chi connectivity index (χ3v) is 12.0. The van der Waals surface area contributed by atoms with E-state index in [0.29, 0.717) is 0 Å². The Morgan fingerprint density at radius 3 is 1.38 bits per heavy atom. The van der Waals surface area contributed by atoms with Gasteiger partial charge < -0.3 is 0 Å². The Morgan fingerprint density at radius 1 is 0.283 bits per heavy atom. The molecule has 10 aromatic carbocycles. The Labute approximate surface area is 309 Å². The van der Waals surface area contributed by atoms with E-state index in [1.807, 2.05) is 0 Å². The molecule has 0 saturated heterocycles. The Kier molecular flexibility index (Phi) is 6.40. The van der Waals surface area contributed by atoms with Crippen molar-refractivity contribution < 1.29 is 0 Å². The van der Waals surface area contributed by atoms with Gasteiger partial charge >= 0.3 is 0 Å². The van der Waals surface area contributed by atoms with Gasteiger partial charge in [0, 0.05) is 5.41 Å². The minimum absolute atomic E-state index is 0.123. The van der Waals surface area contributed by atoms with E-state index in [1.165, 1.54) is 109 Å². The molecule has 0 spiro atoms. The van der Waals surface area contributed by atoms with Crippen LogP contribution in [0.4, 0.5) is 0 Å². The molecule has 10 aromatic rings. The third-order valence-electron chi connectivity index (χ3n) is 12.0. The molecule has 0 radical (unpaired) electrons. The summed E-state index contributed by atoms with van der Waals surface area (Å²) in [6, 6.07) is 67.6. The number of hydrogen-bond donors (Lipinski definition) is 0. The Morgan fingerprint density at radius 2 is 0.755 bits per heavy atom. The minimum atomic E-state index is -0.123. The summed E-state index contributed by atoms with van der Waals surface area (Å²) in [4.78, 5) is 0. The lowest BCUT2D eigenvalue weighted by atomic mass is 9.79. The van der Waals surface area contributed by atoms with Crippen LogP contribution in [0.2, 0.25) is 0 Å². The average molecular weight is 673 g/mol. The van der Waals surface area contributed by atoms with Crippen LogP contribution in [0.5, 0.6) is 0 Å². The minimum Gasteiger partial charge on any atom is -0.0622 e. The topological polar surface area (TPSA) is 0 Å². The Bertz CT molecular complexity index is 3050. The van der Waals surface area contributed by atoms with Gasteiger partial charge in [-0.15, -0.1) is 0 Å². The van der Waals surface area contributed by atoms with Crippen LogP contribution in [0.15, 0.2) is 182 Å². The van der Waals surface area contributed by atoms with E-state index in [0.717, 1.165) is 0 Å². The molecular formula is C53H36. The van der Waals surface area contributed by atoms with E-state index < -0.39 is 0 Å². The SMILES string of the molecule is CC1(C)c2ccc3ccccc3c2-c2c1c1ccc(-c3ccc(-c4c5ccccc5c(-c5ccccc5)c5ccccc45)cc3)cc1c1ccccc21. The van der Waals surface area contributed by atoms with Gasteiger partial charge in [-0.2, -0.15) is 0 Å². The molecule has 0 heteroatoms. The molecule has 0 unspecified atom stereocenters. The number of rotatable bonds is 3. The van der Waals surface area contributed by atoms with Crippen LogP contribution in [-0.4, -0.2) is 0 Å². The lowest BCUT2D eigenvalue weighted by Gasteiger charge is -2.24. The maximum absolute atomic E-state index is 2.43. The molecule has 0 atom stereocenters. The monoisotopic (exact) mass is 672 g/mol. The molecule has 0 aromatic heterocycles. The quantitative estimate of drug-likeness (QED) is 0.129. The lowest BCUT2D eigenvalue weighted by molar-refractivity contribution is 0.667. The fourth-order valence-electron chi connectivity index (χ4n) is 9.66. The molecule has 1 aliphatic carbocycles. The van der Waals surface area contributed by atoms with E-state index in [4.69, 9.17) is 0 Å². The normalized spacial score (nSPS) is 13.2. The standard InChI is InChI=1S/C53H36/c1-53(2)47-31-29-34-14-6-7-17-38(34)50(47)51-40-19-9-8-18-39(40)46-32-37(28-30-45(46)52(51)53)33-24-26-36(27-25-33)49-43-22-12-10-20-41(43)48(35-15-4-3-5-16-35)42-21-11-13-23-44(42)49/h3-32H,1-2H3. The molecule has 0 nitrogen and oxygen atoms in total. The highest BCUT2D eigenvalue weighted by Gasteiger charge is 2.39. The summed E-state index contributed by atoms with van der Waals surface area (Å²) in [6.45, 7) is 4.82. The molecule has 53 heavy (non-hydrogen) atoms. The van der Waals surface area contributed by atoms with Crippen molar-refractivity contribution in [2.24, 2.45) is 0 Å². The van der Waals surface area contributed by atoms with Gasteiger partial charge in [0.25, 0.3) is 0 Å². The van der Waals surface area contributed by atoms with Gasteiger partial charge in [0.05, 0.1) is 0 Å². The summed E-state index contributed by atoms with van der Waals surface area (Å²) in [6.07, 6.45) is 0. The summed E-state index contributed by atoms with van der Waals surface area (Å²) in [5.41, 5.74) is 13.1. The van der Waals surface area contributed by atoms with Crippen molar-refractivity contribution >= 4 is 53.9 Å². The van der Waals surface area contributed by atoms with Crippen molar-refractivity contribution in [2.75, 3.05) is 0 Å². The lowest BCUT2D eigenvalue weighted by Crippen LogP contribution is -2.15. The molecule has 0 fully saturated rings. The smallest absolute Gasteiger partial charge is 0.0165 e. The van der Waals surface area contributed by atoms with E-state index >= 15 is 0 Å². The first-order valence-electron chi connectivity index (χ1n) is 18.7. The van der Waals surface area contributed by atoms with Crippen molar-refractivity contribution in [3.8, 4) is 44.5 Å². The van der Waals surface area contributed by atoms with Crippen LogP contribution in [0.1, 0.15) is 25.0 Å². The number of benzene rings is 10. The molecule has 0 aliphatic heterocycles. The van der Waals surface area contributed by atoms with Gasteiger partial charge in [0.2, 0.25) is 0 Å². The maximum atomic E-state index is 2.43. The molecule has 1 aliphatic rings. The third kappa shape index (κ3) is 4.30. The highest BCUT2D eigenvalue weighted by Crippen LogP contribution is 2.56. The zero-order valence-electron chi connectivity index (χ0n) is 29.8. The molecule has 11 rings (SSSR count). The van der Waals surface area contributed by atoms with Gasteiger partial charge in [-0.25, -0.2) is 0 Å². The van der Waals surface area contributed by atoms with Crippen LogP contribution in [0.3, 0.4) is 0 Å². The van der Waals surface area contributed by atoms with Crippen molar-refractivity contribution in [3.05, 3.63) is 193 Å². The number of hydrogen-bond acceptors (Lipinski definition) is 0. The highest BCUT2D eigenvalue weighted by atomic mass is 14.4. The summed E-state index contributed by atoms with van der Waals surface area (Å²) in [5.74, 6) is 0. The van der Waals surface area contributed by atoms with Gasteiger partial charge in [0.15, 0.2) is 0 Å². The first kappa shape index (κ1) is 30.2. The summed E-state index contributed by atoms with van der Waals surface area (Å²) in [7, 11) is 0. The maximum Gasteiger partial charge on any atom is 0.0165 e. The van der Waals surface area contributed by atoms with Gasteiger partial charge in [-0.3, -0.25) is 0 Å².